The molecule has 0 radical (unpaired) electrons. The van der Waals surface area contributed by atoms with E-state index in [4.69, 9.17) is 4.74 Å². The van der Waals surface area contributed by atoms with Crippen molar-refractivity contribution in [2.75, 3.05) is 0 Å². The summed E-state index contributed by atoms with van der Waals surface area (Å²) < 4.78 is 5.38. The van der Waals surface area contributed by atoms with Crippen molar-refractivity contribution in [3.05, 3.63) is 11.6 Å². The van der Waals surface area contributed by atoms with E-state index in [-0.39, 0.29) is 6.10 Å². The van der Waals surface area contributed by atoms with Gasteiger partial charge in [-0.15, -0.1) is 0 Å². The zero-order valence-electron chi connectivity index (χ0n) is 21.9. The number of carbonyl (C=O) groups is 1. The van der Waals surface area contributed by atoms with E-state index in [1.54, 1.807) is 5.57 Å². The van der Waals surface area contributed by atoms with Crippen molar-refractivity contribution in [3.63, 3.8) is 0 Å². The van der Waals surface area contributed by atoms with Gasteiger partial charge in [0.1, 0.15) is 6.10 Å². The lowest BCUT2D eigenvalue weighted by Crippen LogP contribution is -2.51. The number of allylic oxidation sites excluding steroid dienone is 1. The van der Waals surface area contributed by atoms with Crippen LogP contribution < -0.4 is 0 Å². The second kappa shape index (κ2) is 9.46. The van der Waals surface area contributed by atoms with Crippen LogP contribution >= 0.6 is 0 Å². The number of carbonyl (C=O) groups excluding carboxylic acids is 1. The Labute approximate surface area is 198 Å². The van der Waals surface area contributed by atoms with Crippen LogP contribution in [0.15, 0.2) is 11.6 Å². The zero-order valence-corrected chi connectivity index (χ0v) is 21.9. The molecule has 0 N–H and O–H groups in total. The molecule has 182 valence electrons. The zero-order chi connectivity index (χ0) is 23.1. The van der Waals surface area contributed by atoms with Crippen molar-refractivity contribution in [1.29, 1.82) is 0 Å². The molecule has 0 aromatic heterocycles. The summed E-state index contributed by atoms with van der Waals surface area (Å²) in [5.74, 6) is 6.16. The lowest BCUT2D eigenvalue weighted by atomic mass is 9.47. The summed E-state index contributed by atoms with van der Waals surface area (Å²) in [7, 11) is 0. The van der Waals surface area contributed by atoms with E-state index in [0.717, 1.165) is 54.3 Å². The Morgan fingerprint density at radius 2 is 1.84 bits per heavy atom. The Balaban J connectivity index is 1.46. The Morgan fingerprint density at radius 3 is 2.53 bits per heavy atom. The second-order valence-electron chi connectivity index (χ2n) is 13.1. The maximum atomic E-state index is 10.9. The monoisotopic (exact) mass is 442 g/mol. The summed E-state index contributed by atoms with van der Waals surface area (Å²) in [6.45, 7) is 15.7. The van der Waals surface area contributed by atoms with Crippen LogP contribution in [0, 0.1) is 52.3 Å². The van der Waals surface area contributed by atoms with E-state index in [1.165, 1.54) is 57.8 Å². The lowest BCUT2D eigenvalue weighted by molar-refractivity contribution is -0.136. The third-order valence-electron chi connectivity index (χ3n) is 11.5. The Bertz CT molecular complexity index is 695. The van der Waals surface area contributed by atoms with Gasteiger partial charge in [-0.3, -0.25) is 4.79 Å². The molecule has 0 amide bonds. The molecule has 32 heavy (non-hydrogen) atoms. The summed E-state index contributed by atoms with van der Waals surface area (Å²) in [5, 5.41) is 0. The average molecular weight is 443 g/mol. The number of hydrogen-bond acceptors (Lipinski definition) is 2. The van der Waals surface area contributed by atoms with E-state index in [2.05, 4.69) is 47.6 Å². The minimum absolute atomic E-state index is 0.117. The maximum Gasteiger partial charge on any atom is 0.293 e. The summed E-state index contributed by atoms with van der Waals surface area (Å²) in [6, 6.07) is 0. The van der Waals surface area contributed by atoms with Crippen molar-refractivity contribution >= 4 is 6.47 Å². The highest BCUT2D eigenvalue weighted by Gasteiger charge is 2.59. The van der Waals surface area contributed by atoms with Gasteiger partial charge in [0.25, 0.3) is 6.47 Å². The molecule has 4 aliphatic carbocycles. The smallest absolute Gasteiger partial charge is 0.293 e. The summed E-state index contributed by atoms with van der Waals surface area (Å²) in [5.41, 5.74) is 2.52. The molecule has 0 heterocycles. The van der Waals surface area contributed by atoms with Crippen LogP contribution in [0.3, 0.4) is 0 Å². The van der Waals surface area contributed by atoms with E-state index >= 15 is 0 Å². The summed E-state index contributed by atoms with van der Waals surface area (Å²) >= 11 is 0. The fraction of sp³-hybridized carbons (Fsp3) is 0.900. The molecule has 0 aromatic carbocycles. The molecule has 9 atom stereocenters. The van der Waals surface area contributed by atoms with Crippen molar-refractivity contribution in [1.82, 2.24) is 0 Å². The quantitative estimate of drug-likeness (QED) is 0.280. The molecule has 0 aromatic rings. The Morgan fingerprint density at radius 1 is 1.06 bits per heavy atom. The normalized spacial score (nSPS) is 43.0. The molecular weight excluding hydrogens is 392 g/mol. The van der Waals surface area contributed by atoms with Crippen LogP contribution in [-0.4, -0.2) is 12.6 Å². The lowest BCUT2D eigenvalue weighted by Gasteiger charge is -2.58. The first kappa shape index (κ1) is 24.3. The first-order valence-electron chi connectivity index (χ1n) is 14.0. The summed E-state index contributed by atoms with van der Waals surface area (Å²) in [6.07, 6.45) is 17.2. The molecule has 2 heteroatoms. The highest BCUT2D eigenvalue weighted by molar-refractivity contribution is 5.38. The highest BCUT2D eigenvalue weighted by atomic mass is 16.5. The summed E-state index contributed by atoms with van der Waals surface area (Å²) in [4.78, 5) is 10.9. The highest BCUT2D eigenvalue weighted by Crippen LogP contribution is 2.67. The minimum atomic E-state index is 0.117. The molecule has 4 aliphatic rings. The Kier molecular flexibility index (Phi) is 7.19. The van der Waals surface area contributed by atoms with Gasteiger partial charge in [0.05, 0.1) is 0 Å². The first-order chi connectivity index (χ1) is 15.2. The van der Waals surface area contributed by atoms with Gasteiger partial charge in [-0.05, 0) is 104 Å². The predicted octanol–water partition coefficient (Wildman–Crippen LogP) is 8.21. The minimum Gasteiger partial charge on any atom is -0.464 e. The molecule has 0 spiro atoms. The largest absolute Gasteiger partial charge is 0.464 e. The van der Waals surface area contributed by atoms with Gasteiger partial charge in [-0.1, -0.05) is 66.0 Å². The van der Waals surface area contributed by atoms with Crippen LogP contribution in [0.5, 0.6) is 0 Å². The van der Waals surface area contributed by atoms with Crippen molar-refractivity contribution in [2.24, 2.45) is 52.3 Å². The van der Waals surface area contributed by atoms with E-state index in [1.807, 2.05) is 0 Å². The van der Waals surface area contributed by atoms with Gasteiger partial charge in [-0.2, -0.15) is 0 Å². The fourth-order valence-corrected chi connectivity index (χ4v) is 9.48. The Hall–Kier alpha value is -0.790. The third-order valence-corrected chi connectivity index (χ3v) is 11.5. The fourth-order valence-electron chi connectivity index (χ4n) is 9.48. The van der Waals surface area contributed by atoms with Crippen LogP contribution in [0.25, 0.3) is 0 Å². The topological polar surface area (TPSA) is 26.3 Å². The van der Waals surface area contributed by atoms with Crippen molar-refractivity contribution in [2.45, 2.75) is 118 Å². The molecule has 3 fully saturated rings. The van der Waals surface area contributed by atoms with Crippen LogP contribution in [-0.2, 0) is 9.53 Å². The van der Waals surface area contributed by atoms with Crippen LogP contribution in [0.4, 0.5) is 0 Å². The standard InChI is InChI=1S/C30H50O2/c1-7-22(20(2)3)9-8-21(4)26-12-13-27-25-11-10-23-18-24(32-19-31)14-16-29(23,5)28(25)15-17-30(26,27)6/h10,19-22,24-28H,7-9,11-18H2,1-6H3/t21-,22+,24+,25-,26+,27-,28-,29+,30-/m1/s1. The number of ether oxygens (including phenoxy) is 1. The van der Waals surface area contributed by atoms with E-state index in [9.17, 15) is 4.79 Å². The molecule has 0 aliphatic heterocycles. The van der Waals surface area contributed by atoms with E-state index in [0.29, 0.717) is 17.3 Å². The maximum absolute atomic E-state index is 10.9. The van der Waals surface area contributed by atoms with Gasteiger partial charge in [-0.25, -0.2) is 0 Å². The molecule has 3 saturated carbocycles. The molecule has 2 nitrogen and oxygen atoms in total. The first-order valence-corrected chi connectivity index (χ1v) is 14.0. The molecule has 4 rings (SSSR count). The van der Waals surface area contributed by atoms with Gasteiger partial charge in [0, 0.05) is 6.42 Å². The molecule has 0 unspecified atom stereocenters. The van der Waals surface area contributed by atoms with Gasteiger partial charge >= 0.3 is 0 Å². The average Bonchev–Trinajstić information content (AvgIpc) is 3.11. The molecule has 0 bridgehead atoms. The number of hydrogen-bond donors (Lipinski definition) is 0. The molecule has 0 saturated heterocycles. The van der Waals surface area contributed by atoms with Crippen LogP contribution in [0.2, 0.25) is 0 Å². The second-order valence-corrected chi connectivity index (χ2v) is 13.1. The van der Waals surface area contributed by atoms with Gasteiger partial charge < -0.3 is 4.74 Å². The molecular formula is C30H50O2. The van der Waals surface area contributed by atoms with Crippen molar-refractivity contribution in [3.8, 4) is 0 Å². The van der Waals surface area contributed by atoms with Crippen molar-refractivity contribution < 1.29 is 9.53 Å². The van der Waals surface area contributed by atoms with Crippen LogP contribution in [0.1, 0.15) is 112 Å². The van der Waals surface area contributed by atoms with Gasteiger partial charge in [0.2, 0.25) is 0 Å². The SMILES string of the molecule is CC[C@@H](CC[C@@H](C)[C@@H]1CC[C@@H]2[C@H]3CC=C4C[C@@H](OC=O)CC[C@]4(C)[C@@H]3CC[C@@]21C)C(C)C. The predicted molar refractivity (Wildman–Crippen MR) is 133 cm³/mol. The third kappa shape index (κ3) is 4.11. The number of rotatable bonds is 8. The van der Waals surface area contributed by atoms with Gasteiger partial charge in [0.15, 0.2) is 0 Å². The van der Waals surface area contributed by atoms with E-state index < -0.39 is 0 Å². The number of fused-ring (bicyclic) bond motifs is 5.